The molecule has 1 heterocycles. The number of hydrogen-bond donors (Lipinski definition) is 1. The van der Waals surface area contributed by atoms with Crippen molar-refractivity contribution in [2.45, 2.75) is 13.5 Å². The SMILES string of the molecule is COc1ccc(Nc2cc(C)nc(N(C)Cc3ccccc3)n2)cc1OC. The molecular formula is C21H24N4O2. The molecule has 6 heteroatoms. The van der Waals surface area contributed by atoms with Gasteiger partial charge in [0.25, 0.3) is 0 Å². The highest BCUT2D eigenvalue weighted by atomic mass is 16.5. The average Bonchev–Trinajstić information content (AvgIpc) is 2.68. The van der Waals surface area contributed by atoms with E-state index in [1.807, 2.05) is 61.3 Å². The number of benzene rings is 2. The fourth-order valence-corrected chi connectivity index (χ4v) is 2.78. The lowest BCUT2D eigenvalue weighted by Crippen LogP contribution is -2.19. The van der Waals surface area contributed by atoms with Gasteiger partial charge in [-0.05, 0) is 24.6 Å². The van der Waals surface area contributed by atoms with Crippen LogP contribution in [0.15, 0.2) is 54.6 Å². The lowest BCUT2D eigenvalue weighted by atomic mass is 10.2. The number of rotatable bonds is 7. The van der Waals surface area contributed by atoms with E-state index in [1.54, 1.807) is 14.2 Å². The van der Waals surface area contributed by atoms with Gasteiger partial charge in [0.2, 0.25) is 5.95 Å². The summed E-state index contributed by atoms with van der Waals surface area (Å²) in [5, 5.41) is 3.32. The van der Waals surface area contributed by atoms with Gasteiger partial charge >= 0.3 is 0 Å². The van der Waals surface area contributed by atoms with Gasteiger partial charge in [-0.3, -0.25) is 0 Å². The molecule has 0 aliphatic rings. The Morgan fingerprint density at radius 1 is 0.926 bits per heavy atom. The molecule has 27 heavy (non-hydrogen) atoms. The normalized spacial score (nSPS) is 10.4. The van der Waals surface area contributed by atoms with Crippen molar-refractivity contribution in [2.24, 2.45) is 0 Å². The Morgan fingerprint density at radius 2 is 1.67 bits per heavy atom. The van der Waals surface area contributed by atoms with E-state index in [9.17, 15) is 0 Å². The largest absolute Gasteiger partial charge is 0.493 e. The lowest BCUT2D eigenvalue weighted by Gasteiger charge is -2.19. The molecule has 0 atom stereocenters. The first kappa shape index (κ1) is 18.5. The smallest absolute Gasteiger partial charge is 0.227 e. The van der Waals surface area contributed by atoms with Crippen LogP contribution in [0.3, 0.4) is 0 Å². The van der Waals surface area contributed by atoms with Crippen LogP contribution in [-0.4, -0.2) is 31.2 Å². The molecule has 0 fully saturated rings. The minimum absolute atomic E-state index is 0.662. The van der Waals surface area contributed by atoms with Gasteiger partial charge in [-0.15, -0.1) is 0 Å². The van der Waals surface area contributed by atoms with Crippen molar-refractivity contribution in [1.29, 1.82) is 0 Å². The van der Waals surface area contributed by atoms with Crippen LogP contribution in [0.4, 0.5) is 17.5 Å². The fraction of sp³-hybridized carbons (Fsp3) is 0.238. The summed E-state index contributed by atoms with van der Waals surface area (Å²) in [6, 6.07) is 17.8. The van der Waals surface area contributed by atoms with Crippen LogP contribution in [0.25, 0.3) is 0 Å². The summed E-state index contributed by atoms with van der Waals surface area (Å²) >= 11 is 0. The molecule has 0 bridgehead atoms. The Morgan fingerprint density at radius 3 is 2.37 bits per heavy atom. The second kappa shape index (κ2) is 8.40. The van der Waals surface area contributed by atoms with Crippen LogP contribution >= 0.6 is 0 Å². The number of aromatic nitrogens is 2. The number of aryl methyl sites for hydroxylation is 1. The maximum atomic E-state index is 5.36. The van der Waals surface area contributed by atoms with Crippen molar-refractivity contribution in [3.63, 3.8) is 0 Å². The Bertz CT molecular complexity index is 900. The van der Waals surface area contributed by atoms with E-state index in [1.165, 1.54) is 5.56 Å². The average molecular weight is 364 g/mol. The summed E-state index contributed by atoms with van der Waals surface area (Å²) in [6.07, 6.45) is 0. The minimum atomic E-state index is 0.662. The molecule has 0 amide bonds. The maximum absolute atomic E-state index is 5.36. The maximum Gasteiger partial charge on any atom is 0.227 e. The van der Waals surface area contributed by atoms with Crippen LogP contribution < -0.4 is 19.7 Å². The van der Waals surface area contributed by atoms with Gasteiger partial charge in [-0.25, -0.2) is 4.98 Å². The highest BCUT2D eigenvalue weighted by Gasteiger charge is 2.10. The first-order valence-corrected chi connectivity index (χ1v) is 8.69. The number of nitrogens with zero attached hydrogens (tertiary/aromatic N) is 3. The minimum Gasteiger partial charge on any atom is -0.493 e. The molecule has 3 aromatic rings. The van der Waals surface area contributed by atoms with Crippen molar-refractivity contribution in [3.8, 4) is 11.5 Å². The molecule has 3 rings (SSSR count). The monoisotopic (exact) mass is 364 g/mol. The number of methoxy groups -OCH3 is 2. The molecule has 0 spiro atoms. The molecular weight excluding hydrogens is 340 g/mol. The predicted octanol–water partition coefficient (Wildman–Crippen LogP) is 4.18. The highest BCUT2D eigenvalue weighted by Crippen LogP contribution is 2.31. The summed E-state index contributed by atoms with van der Waals surface area (Å²) in [5.41, 5.74) is 2.96. The first-order valence-electron chi connectivity index (χ1n) is 8.69. The van der Waals surface area contributed by atoms with Crippen molar-refractivity contribution < 1.29 is 9.47 Å². The van der Waals surface area contributed by atoms with E-state index in [-0.39, 0.29) is 0 Å². The standard InChI is InChI=1S/C21H24N4O2/c1-15-12-20(23-17-10-11-18(26-3)19(13-17)27-4)24-21(22-15)25(2)14-16-8-6-5-7-9-16/h5-13H,14H2,1-4H3,(H,22,23,24). The molecule has 6 nitrogen and oxygen atoms in total. The number of hydrogen-bond acceptors (Lipinski definition) is 6. The summed E-state index contributed by atoms with van der Waals surface area (Å²) in [5.74, 6) is 2.74. The van der Waals surface area contributed by atoms with Gasteiger partial charge in [0, 0.05) is 37.1 Å². The van der Waals surface area contributed by atoms with E-state index in [0.29, 0.717) is 17.4 Å². The zero-order chi connectivity index (χ0) is 19.2. The van der Waals surface area contributed by atoms with Gasteiger partial charge in [0.05, 0.1) is 14.2 Å². The predicted molar refractivity (Wildman–Crippen MR) is 108 cm³/mol. The quantitative estimate of drug-likeness (QED) is 0.679. The van der Waals surface area contributed by atoms with E-state index in [0.717, 1.165) is 23.7 Å². The van der Waals surface area contributed by atoms with Crippen molar-refractivity contribution >= 4 is 17.5 Å². The lowest BCUT2D eigenvalue weighted by molar-refractivity contribution is 0.355. The molecule has 0 aliphatic heterocycles. The van der Waals surface area contributed by atoms with Gasteiger partial charge in [-0.1, -0.05) is 30.3 Å². The number of nitrogens with one attached hydrogen (secondary N) is 1. The first-order chi connectivity index (χ1) is 13.1. The van der Waals surface area contributed by atoms with Gasteiger partial charge < -0.3 is 19.7 Å². The molecule has 0 radical (unpaired) electrons. The fourth-order valence-electron chi connectivity index (χ4n) is 2.78. The third-order valence-electron chi connectivity index (χ3n) is 4.10. The molecule has 140 valence electrons. The molecule has 2 aromatic carbocycles. The van der Waals surface area contributed by atoms with Crippen LogP contribution in [-0.2, 0) is 6.54 Å². The molecule has 0 unspecified atom stereocenters. The van der Waals surface area contributed by atoms with Gasteiger partial charge in [0.15, 0.2) is 11.5 Å². The Balaban J connectivity index is 1.81. The van der Waals surface area contributed by atoms with Crippen molar-refractivity contribution in [1.82, 2.24) is 9.97 Å². The Kier molecular flexibility index (Phi) is 5.76. The third kappa shape index (κ3) is 4.67. The van der Waals surface area contributed by atoms with Crippen molar-refractivity contribution in [2.75, 3.05) is 31.5 Å². The van der Waals surface area contributed by atoms with E-state index < -0.39 is 0 Å². The van der Waals surface area contributed by atoms with E-state index in [2.05, 4.69) is 27.4 Å². The Hall–Kier alpha value is -3.28. The van der Waals surface area contributed by atoms with E-state index in [4.69, 9.17) is 9.47 Å². The molecule has 1 N–H and O–H groups in total. The van der Waals surface area contributed by atoms with Gasteiger partial charge in [-0.2, -0.15) is 4.98 Å². The van der Waals surface area contributed by atoms with Crippen molar-refractivity contribution in [3.05, 3.63) is 65.9 Å². The molecule has 0 saturated carbocycles. The van der Waals surface area contributed by atoms with Crippen LogP contribution in [0.5, 0.6) is 11.5 Å². The summed E-state index contributed by atoms with van der Waals surface area (Å²) in [7, 11) is 5.22. The molecule has 1 aromatic heterocycles. The summed E-state index contributed by atoms with van der Waals surface area (Å²) in [4.78, 5) is 11.2. The second-order valence-electron chi connectivity index (χ2n) is 6.23. The summed E-state index contributed by atoms with van der Waals surface area (Å²) < 4.78 is 10.6. The summed E-state index contributed by atoms with van der Waals surface area (Å²) in [6.45, 7) is 2.70. The van der Waals surface area contributed by atoms with E-state index >= 15 is 0 Å². The zero-order valence-corrected chi connectivity index (χ0v) is 16.1. The molecule has 0 aliphatic carbocycles. The number of anilines is 3. The topological polar surface area (TPSA) is 59.5 Å². The van der Waals surface area contributed by atoms with Crippen LogP contribution in [0.1, 0.15) is 11.3 Å². The second-order valence-corrected chi connectivity index (χ2v) is 6.23. The third-order valence-corrected chi connectivity index (χ3v) is 4.10. The van der Waals surface area contributed by atoms with Crippen LogP contribution in [0.2, 0.25) is 0 Å². The number of ether oxygens (including phenoxy) is 2. The Labute approximate surface area is 159 Å². The van der Waals surface area contributed by atoms with Crippen LogP contribution in [0, 0.1) is 6.92 Å². The highest BCUT2D eigenvalue weighted by molar-refractivity contribution is 5.62. The molecule has 0 saturated heterocycles. The van der Waals surface area contributed by atoms with Gasteiger partial charge in [0.1, 0.15) is 5.82 Å². The zero-order valence-electron chi connectivity index (χ0n) is 16.1.